The summed E-state index contributed by atoms with van der Waals surface area (Å²) >= 11 is 0. The fraction of sp³-hybridized carbons (Fsp3) is 0.842. The minimum Gasteiger partial charge on any atom is -0.352 e. The number of rotatable bonds is 6. The van der Waals surface area contributed by atoms with E-state index in [9.17, 15) is 0 Å². The van der Waals surface area contributed by atoms with Crippen LogP contribution in [0.4, 0.5) is 17.8 Å². The molecule has 6 heteroatoms. The van der Waals surface area contributed by atoms with Gasteiger partial charge in [0.05, 0.1) is 0 Å². The Hall–Kier alpha value is -1.59. The highest BCUT2D eigenvalue weighted by Gasteiger charge is 2.51. The number of hydrogen-bond donors (Lipinski definition) is 3. The average Bonchev–Trinajstić information content (AvgIpc) is 3.27. The van der Waals surface area contributed by atoms with E-state index in [0.29, 0.717) is 24.0 Å². The zero-order valence-electron chi connectivity index (χ0n) is 15.4. The van der Waals surface area contributed by atoms with Gasteiger partial charge >= 0.3 is 0 Å². The first-order valence-corrected chi connectivity index (χ1v) is 10.1. The van der Waals surface area contributed by atoms with E-state index in [1.807, 2.05) is 0 Å². The van der Waals surface area contributed by atoms with E-state index in [0.717, 1.165) is 23.7 Å². The van der Waals surface area contributed by atoms with E-state index in [2.05, 4.69) is 34.8 Å². The van der Waals surface area contributed by atoms with Crippen molar-refractivity contribution in [3.63, 3.8) is 0 Å². The van der Waals surface area contributed by atoms with Crippen molar-refractivity contribution in [2.45, 2.75) is 82.8 Å². The molecule has 0 radical (unpaired) electrons. The van der Waals surface area contributed by atoms with Crippen LogP contribution in [-0.2, 0) is 0 Å². The van der Waals surface area contributed by atoms with Gasteiger partial charge < -0.3 is 16.0 Å². The topological polar surface area (TPSA) is 74.8 Å². The number of aromatic nitrogens is 3. The summed E-state index contributed by atoms with van der Waals surface area (Å²) in [4.78, 5) is 14.0. The van der Waals surface area contributed by atoms with Gasteiger partial charge in [-0.05, 0) is 83.0 Å². The van der Waals surface area contributed by atoms with Crippen LogP contribution < -0.4 is 16.0 Å². The normalized spacial score (nSPS) is 35.9. The summed E-state index contributed by atoms with van der Waals surface area (Å²) in [6.45, 7) is 4.23. The van der Waals surface area contributed by atoms with Gasteiger partial charge in [0, 0.05) is 17.6 Å². The maximum atomic E-state index is 4.71. The first kappa shape index (κ1) is 15.6. The van der Waals surface area contributed by atoms with E-state index in [-0.39, 0.29) is 5.54 Å². The van der Waals surface area contributed by atoms with Gasteiger partial charge in [0.15, 0.2) is 0 Å². The van der Waals surface area contributed by atoms with Gasteiger partial charge in [-0.15, -0.1) is 0 Å². The number of hydrogen-bond acceptors (Lipinski definition) is 6. The summed E-state index contributed by atoms with van der Waals surface area (Å²) in [6, 6.07) is 0.852. The van der Waals surface area contributed by atoms with E-state index >= 15 is 0 Å². The van der Waals surface area contributed by atoms with Gasteiger partial charge in [-0.1, -0.05) is 0 Å². The first-order valence-electron chi connectivity index (χ1n) is 10.1. The Morgan fingerprint density at radius 3 is 1.96 bits per heavy atom. The molecule has 25 heavy (non-hydrogen) atoms. The lowest BCUT2D eigenvalue weighted by molar-refractivity contribution is 0.0103. The molecule has 0 spiro atoms. The van der Waals surface area contributed by atoms with E-state index in [1.54, 1.807) is 0 Å². The van der Waals surface area contributed by atoms with Gasteiger partial charge in [0.1, 0.15) is 0 Å². The van der Waals surface area contributed by atoms with Crippen molar-refractivity contribution in [2.24, 2.45) is 17.8 Å². The lowest BCUT2D eigenvalue weighted by Crippen LogP contribution is -2.55. The minimum absolute atomic E-state index is 0.224. The molecule has 4 bridgehead atoms. The molecule has 5 aliphatic rings. The molecule has 136 valence electrons. The van der Waals surface area contributed by atoms with Crippen LogP contribution in [0, 0.1) is 17.8 Å². The summed E-state index contributed by atoms with van der Waals surface area (Å²) in [5, 5.41) is 10.6. The molecule has 1 aromatic heterocycles. The second-order valence-electron chi connectivity index (χ2n) is 9.35. The third kappa shape index (κ3) is 3.27. The van der Waals surface area contributed by atoms with E-state index in [1.165, 1.54) is 51.4 Å². The third-order valence-corrected chi connectivity index (χ3v) is 6.38. The predicted octanol–water partition coefficient (Wildman–Crippen LogP) is 3.65. The fourth-order valence-electron chi connectivity index (χ4n) is 5.73. The highest BCUT2D eigenvalue weighted by Crippen LogP contribution is 2.56. The Labute approximate surface area is 150 Å². The van der Waals surface area contributed by atoms with Crippen molar-refractivity contribution in [2.75, 3.05) is 16.0 Å². The van der Waals surface area contributed by atoms with Crippen LogP contribution in [0.25, 0.3) is 0 Å². The lowest BCUT2D eigenvalue weighted by Gasteiger charge is -2.56. The molecule has 0 aliphatic heterocycles. The van der Waals surface area contributed by atoms with Crippen molar-refractivity contribution in [1.29, 1.82) is 0 Å². The van der Waals surface area contributed by atoms with Gasteiger partial charge in [-0.25, -0.2) is 0 Å². The molecule has 0 amide bonds. The quantitative estimate of drug-likeness (QED) is 0.733. The Morgan fingerprint density at radius 1 is 0.840 bits per heavy atom. The van der Waals surface area contributed by atoms with E-state index in [4.69, 9.17) is 9.97 Å². The Balaban J connectivity index is 1.40. The Bertz CT molecular complexity index is 596. The molecule has 0 unspecified atom stereocenters. The SMILES string of the molecule is CC(C)Nc1nc(NC2CC2)nc(NC23CC4CC(CC(C4)C2)C3)n1. The summed E-state index contributed by atoms with van der Waals surface area (Å²) in [5.41, 5.74) is 0.224. The molecule has 0 aromatic carbocycles. The Morgan fingerprint density at radius 2 is 1.40 bits per heavy atom. The molecule has 1 heterocycles. The molecular weight excluding hydrogens is 312 g/mol. The second-order valence-corrected chi connectivity index (χ2v) is 9.35. The van der Waals surface area contributed by atoms with Crippen LogP contribution >= 0.6 is 0 Å². The molecule has 1 aromatic rings. The predicted molar refractivity (Wildman–Crippen MR) is 99.8 cm³/mol. The van der Waals surface area contributed by atoms with Crippen LogP contribution in [0.1, 0.15) is 65.2 Å². The lowest BCUT2D eigenvalue weighted by atomic mass is 9.53. The third-order valence-electron chi connectivity index (χ3n) is 6.38. The Kier molecular flexibility index (Phi) is 3.57. The van der Waals surface area contributed by atoms with Crippen molar-refractivity contribution in [1.82, 2.24) is 15.0 Å². The highest BCUT2D eigenvalue weighted by atomic mass is 15.3. The molecule has 6 rings (SSSR count). The molecular formula is C19H30N6. The standard InChI is InChI=1S/C19H30N6/c1-11(2)20-16-22-17(21-15-3-4-15)24-18(23-16)25-19-8-12-5-13(9-19)7-14(6-12)10-19/h11-15H,3-10H2,1-2H3,(H3,20,21,22,23,24,25). The minimum atomic E-state index is 0.224. The number of nitrogens with zero attached hydrogens (tertiary/aromatic N) is 3. The zero-order chi connectivity index (χ0) is 17.0. The van der Waals surface area contributed by atoms with Crippen molar-refractivity contribution in [3.05, 3.63) is 0 Å². The molecule has 5 aliphatic carbocycles. The average molecular weight is 342 g/mol. The van der Waals surface area contributed by atoms with Gasteiger partial charge in [0.25, 0.3) is 0 Å². The number of nitrogens with one attached hydrogen (secondary N) is 3. The molecule has 0 atom stereocenters. The maximum absolute atomic E-state index is 4.71. The monoisotopic (exact) mass is 342 g/mol. The highest BCUT2D eigenvalue weighted by molar-refractivity contribution is 5.45. The van der Waals surface area contributed by atoms with Gasteiger partial charge in [-0.3, -0.25) is 0 Å². The van der Waals surface area contributed by atoms with Crippen molar-refractivity contribution >= 4 is 17.8 Å². The molecule has 6 nitrogen and oxygen atoms in total. The van der Waals surface area contributed by atoms with Gasteiger partial charge in [-0.2, -0.15) is 15.0 Å². The molecule has 0 saturated heterocycles. The van der Waals surface area contributed by atoms with Crippen LogP contribution in [0.5, 0.6) is 0 Å². The summed E-state index contributed by atoms with van der Waals surface area (Å²) in [7, 11) is 0. The first-order chi connectivity index (χ1) is 12.1. The van der Waals surface area contributed by atoms with Crippen LogP contribution in [0.15, 0.2) is 0 Å². The molecule has 5 saturated carbocycles. The number of anilines is 3. The molecule has 3 N–H and O–H groups in total. The maximum Gasteiger partial charge on any atom is 0.229 e. The largest absolute Gasteiger partial charge is 0.352 e. The fourth-order valence-corrected chi connectivity index (χ4v) is 5.73. The zero-order valence-corrected chi connectivity index (χ0v) is 15.4. The van der Waals surface area contributed by atoms with E-state index < -0.39 is 0 Å². The van der Waals surface area contributed by atoms with Crippen LogP contribution in [-0.4, -0.2) is 32.6 Å². The smallest absolute Gasteiger partial charge is 0.229 e. The summed E-state index contributed by atoms with van der Waals surface area (Å²) in [6.07, 6.45) is 10.7. The van der Waals surface area contributed by atoms with Crippen LogP contribution in [0.2, 0.25) is 0 Å². The van der Waals surface area contributed by atoms with Crippen LogP contribution in [0.3, 0.4) is 0 Å². The van der Waals surface area contributed by atoms with Gasteiger partial charge in [0.2, 0.25) is 17.8 Å². The summed E-state index contributed by atoms with van der Waals surface area (Å²) < 4.78 is 0. The second kappa shape index (κ2) is 5.71. The van der Waals surface area contributed by atoms with Crippen molar-refractivity contribution in [3.8, 4) is 0 Å². The molecule has 5 fully saturated rings. The van der Waals surface area contributed by atoms with Crippen molar-refractivity contribution < 1.29 is 0 Å². The summed E-state index contributed by atoms with van der Waals surface area (Å²) in [5.74, 6) is 4.89.